The second kappa shape index (κ2) is 6.81. The number of nitrogens with two attached hydrogens (primary N) is 1. The summed E-state index contributed by atoms with van der Waals surface area (Å²) in [4.78, 5) is 13.6. The number of benzene rings is 2. The van der Waals surface area contributed by atoms with Crippen molar-refractivity contribution in [3.63, 3.8) is 0 Å². The number of fused-ring (bicyclic) bond motifs is 1. The van der Waals surface area contributed by atoms with E-state index in [9.17, 15) is 10.1 Å². The SMILES string of the molecule is COC(=O)c1ccc(C2C(C#N)=C(N)Oc3cc(N(C)C)ccc32)cc1. The number of anilines is 1. The minimum absolute atomic E-state index is 0.0953. The van der Waals surface area contributed by atoms with Crippen molar-refractivity contribution >= 4 is 11.7 Å². The lowest BCUT2D eigenvalue weighted by molar-refractivity contribution is 0.0600. The molecule has 2 N–H and O–H groups in total. The molecule has 2 aromatic rings. The Bertz CT molecular complexity index is 924. The molecule has 1 aliphatic heterocycles. The third-order valence-corrected chi connectivity index (χ3v) is 4.38. The van der Waals surface area contributed by atoms with Crippen LogP contribution in [0.15, 0.2) is 53.9 Å². The molecule has 0 fully saturated rings. The number of hydrogen-bond donors (Lipinski definition) is 1. The minimum Gasteiger partial charge on any atom is -0.465 e. The number of methoxy groups -OCH3 is 1. The smallest absolute Gasteiger partial charge is 0.337 e. The first-order valence-electron chi connectivity index (χ1n) is 8.03. The molecule has 6 nitrogen and oxygen atoms in total. The zero-order valence-electron chi connectivity index (χ0n) is 14.8. The first-order valence-corrected chi connectivity index (χ1v) is 8.03. The summed E-state index contributed by atoms with van der Waals surface area (Å²) in [5.41, 5.74) is 9.47. The molecule has 0 radical (unpaired) electrons. The maximum absolute atomic E-state index is 11.6. The van der Waals surface area contributed by atoms with Crippen LogP contribution in [0.1, 0.15) is 27.4 Å². The number of carbonyl (C=O) groups excluding carboxylic acids is 1. The lowest BCUT2D eigenvalue weighted by atomic mass is 9.83. The maximum atomic E-state index is 11.6. The van der Waals surface area contributed by atoms with E-state index >= 15 is 0 Å². The fourth-order valence-corrected chi connectivity index (χ4v) is 2.99. The molecule has 1 heterocycles. The van der Waals surface area contributed by atoms with E-state index in [2.05, 4.69) is 6.07 Å². The Balaban J connectivity index is 2.10. The van der Waals surface area contributed by atoms with E-state index in [4.69, 9.17) is 15.2 Å². The van der Waals surface area contributed by atoms with Crippen LogP contribution >= 0.6 is 0 Å². The molecule has 0 bridgehead atoms. The van der Waals surface area contributed by atoms with Gasteiger partial charge in [-0.05, 0) is 23.8 Å². The highest BCUT2D eigenvalue weighted by molar-refractivity contribution is 5.89. The van der Waals surface area contributed by atoms with Crippen LogP contribution < -0.4 is 15.4 Å². The summed E-state index contributed by atoms with van der Waals surface area (Å²) in [6, 6.07) is 14.9. The van der Waals surface area contributed by atoms with E-state index in [0.29, 0.717) is 16.9 Å². The number of rotatable bonds is 3. The van der Waals surface area contributed by atoms with Crippen molar-refractivity contribution in [3.8, 4) is 11.8 Å². The zero-order chi connectivity index (χ0) is 18.8. The van der Waals surface area contributed by atoms with Crippen molar-refractivity contribution in [2.24, 2.45) is 5.73 Å². The fraction of sp³-hybridized carbons (Fsp3) is 0.200. The maximum Gasteiger partial charge on any atom is 0.337 e. The second-order valence-corrected chi connectivity index (χ2v) is 6.15. The van der Waals surface area contributed by atoms with Crippen LogP contribution in [0.2, 0.25) is 0 Å². The molecule has 0 aromatic heterocycles. The first-order chi connectivity index (χ1) is 12.5. The Kier molecular flexibility index (Phi) is 4.55. The van der Waals surface area contributed by atoms with Crippen LogP contribution in [0.25, 0.3) is 0 Å². The molecule has 0 aliphatic carbocycles. The Morgan fingerprint density at radius 2 is 1.92 bits per heavy atom. The summed E-state index contributed by atoms with van der Waals surface area (Å²) in [6.07, 6.45) is 0. The Labute approximate surface area is 152 Å². The number of ether oxygens (including phenoxy) is 2. The topological polar surface area (TPSA) is 88.6 Å². The number of allylic oxidation sites excluding steroid dienone is 1. The largest absolute Gasteiger partial charge is 0.465 e. The third kappa shape index (κ3) is 2.95. The van der Waals surface area contributed by atoms with E-state index in [0.717, 1.165) is 16.8 Å². The van der Waals surface area contributed by atoms with Gasteiger partial charge in [0.2, 0.25) is 5.88 Å². The van der Waals surface area contributed by atoms with Gasteiger partial charge in [-0.15, -0.1) is 0 Å². The highest BCUT2D eigenvalue weighted by Crippen LogP contribution is 2.43. The summed E-state index contributed by atoms with van der Waals surface area (Å²) >= 11 is 0. The highest BCUT2D eigenvalue weighted by atomic mass is 16.5. The van der Waals surface area contributed by atoms with Gasteiger partial charge in [0.25, 0.3) is 0 Å². The Hall–Kier alpha value is -3.46. The molecule has 0 saturated heterocycles. The van der Waals surface area contributed by atoms with E-state index < -0.39 is 5.97 Å². The van der Waals surface area contributed by atoms with Gasteiger partial charge in [0.1, 0.15) is 17.4 Å². The third-order valence-electron chi connectivity index (χ3n) is 4.38. The zero-order valence-corrected chi connectivity index (χ0v) is 14.8. The van der Waals surface area contributed by atoms with Crippen LogP contribution in [0.4, 0.5) is 5.69 Å². The molecule has 132 valence electrons. The van der Waals surface area contributed by atoms with Gasteiger partial charge >= 0.3 is 5.97 Å². The van der Waals surface area contributed by atoms with Crippen LogP contribution in [0, 0.1) is 11.3 Å². The molecule has 1 unspecified atom stereocenters. The predicted octanol–water partition coefficient (Wildman–Crippen LogP) is 2.76. The van der Waals surface area contributed by atoms with Gasteiger partial charge in [0.05, 0.1) is 18.6 Å². The Morgan fingerprint density at radius 3 is 2.50 bits per heavy atom. The number of nitriles is 1. The van der Waals surface area contributed by atoms with Gasteiger partial charge in [0.15, 0.2) is 0 Å². The normalized spacial score (nSPS) is 15.5. The first kappa shape index (κ1) is 17.4. The van der Waals surface area contributed by atoms with E-state index in [1.54, 1.807) is 24.3 Å². The van der Waals surface area contributed by atoms with Gasteiger partial charge in [-0.25, -0.2) is 4.79 Å². The van der Waals surface area contributed by atoms with E-state index in [1.807, 2.05) is 37.2 Å². The molecule has 1 atom stereocenters. The minimum atomic E-state index is -0.407. The van der Waals surface area contributed by atoms with Crippen molar-refractivity contribution in [2.75, 3.05) is 26.1 Å². The van der Waals surface area contributed by atoms with Gasteiger partial charge in [-0.3, -0.25) is 0 Å². The van der Waals surface area contributed by atoms with Crippen molar-refractivity contribution in [1.29, 1.82) is 5.26 Å². The second-order valence-electron chi connectivity index (χ2n) is 6.15. The van der Waals surface area contributed by atoms with Crippen molar-refractivity contribution < 1.29 is 14.3 Å². The average molecular weight is 349 g/mol. The van der Waals surface area contributed by atoms with Gasteiger partial charge in [0, 0.05) is 31.4 Å². The standard InChI is InChI=1S/C20H19N3O3/c1-23(2)14-8-9-15-17(10-14)26-19(22)16(11-21)18(15)12-4-6-13(7-5-12)20(24)25-3/h4-10,18H,22H2,1-3H3. The van der Waals surface area contributed by atoms with Gasteiger partial charge in [-0.2, -0.15) is 5.26 Å². The quantitative estimate of drug-likeness (QED) is 0.857. The van der Waals surface area contributed by atoms with Crippen LogP contribution in [0.5, 0.6) is 5.75 Å². The number of nitrogens with zero attached hydrogens (tertiary/aromatic N) is 2. The molecule has 3 rings (SSSR count). The molecule has 26 heavy (non-hydrogen) atoms. The monoisotopic (exact) mass is 349 g/mol. The lowest BCUT2D eigenvalue weighted by Crippen LogP contribution is -2.21. The molecule has 0 saturated carbocycles. The summed E-state index contributed by atoms with van der Waals surface area (Å²) in [5.74, 6) is -0.0468. The number of carbonyl (C=O) groups is 1. The molecule has 1 aliphatic rings. The van der Waals surface area contributed by atoms with Crippen LogP contribution in [-0.2, 0) is 4.74 Å². The molecular weight excluding hydrogens is 330 g/mol. The molecule has 0 spiro atoms. The van der Waals surface area contributed by atoms with Crippen molar-refractivity contribution in [3.05, 3.63) is 70.6 Å². The molecule has 2 aromatic carbocycles. The van der Waals surface area contributed by atoms with Crippen molar-refractivity contribution in [2.45, 2.75) is 5.92 Å². The predicted molar refractivity (Wildman–Crippen MR) is 97.8 cm³/mol. The number of hydrogen-bond acceptors (Lipinski definition) is 6. The Morgan fingerprint density at radius 1 is 1.23 bits per heavy atom. The highest BCUT2D eigenvalue weighted by Gasteiger charge is 2.31. The van der Waals surface area contributed by atoms with E-state index in [-0.39, 0.29) is 11.8 Å². The summed E-state index contributed by atoms with van der Waals surface area (Å²) in [6.45, 7) is 0. The fourth-order valence-electron chi connectivity index (χ4n) is 2.99. The van der Waals surface area contributed by atoms with Gasteiger partial charge in [-0.1, -0.05) is 18.2 Å². The van der Waals surface area contributed by atoms with Crippen LogP contribution in [0.3, 0.4) is 0 Å². The van der Waals surface area contributed by atoms with Gasteiger partial charge < -0.3 is 20.1 Å². The summed E-state index contributed by atoms with van der Waals surface area (Å²) < 4.78 is 10.4. The summed E-state index contributed by atoms with van der Waals surface area (Å²) in [7, 11) is 5.21. The van der Waals surface area contributed by atoms with Crippen molar-refractivity contribution in [1.82, 2.24) is 0 Å². The van der Waals surface area contributed by atoms with Crippen LogP contribution in [-0.4, -0.2) is 27.2 Å². The molecule has 6 heteroatoms. The molecule has 0 amide bonds. The average Bonchev–Trinajstić information content (AvgIpc) is 2.65. The van der Waals surface area contributed by atoms with E-state index in [1.165, 1.54) is 7.11 Å². The number of esters is 1. The lowest BCUT2D eigenvalue weighted by Gasteiger charge is -2.27. The summed E-state index contributed by atoms with van der Waals surface area (Å²) in [5, 5.41) is 9.59. The molecular formula is C20H19N3O3.